The van der Waals surface area contributed by atoms with Gasteiger partial charge in [0.05, 0.1) is 5.69 Å². The van der Waals surface area contributed by atoms with Gasteiger partial charge in [-0.15, -0.1) is 11.3 Å². The van der Waals surface area contributed by atoms with Gasteiger partial charge in [0.15, 0.2) is 5.13 Å². The number of aromatic nitrogens is 1. The highest BCUT2D eigenvalue weighted by atomic mass is 32.1. The lowest BCUT2D eigenvalue weighted by atomic mass is 10.0. The average Bonchev–Trinajstić information content (AvgIpc) is 2.92. The van der Waals surface area contributed by atoms with Gasteiger partial charge in [0.1, 0.15) is 0 Å². The van der Waals surface area contributed by atoms with Crippen LogP contribution >= 0.6 is 11.3 Å². The quantitative estimate of drug-likeness (QED) is 0.800. The van der Waals surface area contributed by atoms with Crippen molar-refractivity contribution in [3.05, 3.63) is 59.1 Å². The molecule has 0 atom stereocenters. The van der Waals surface area contributed by atoms with Crippen LogP contribution in [0, 0.1) is 0 Å². The second-order valence-electron chi connectivity index (χ2n) is 5.36. The first-order chi connectivity index (χ1) is 10.6. The van der Waals surface area contributed by atoms with Crippen LogP contribution in [0.15, 0.2) is 47.8 Å². The van der Waals surface area contributed by atoms with E-state index >= 15 is 0 Å². The zero-order chi connectivity index (χ0) is 15.5. The number of hydrogen-bond acceptors (Lipinski definition) is 4. The lowest BCUT2D eigenvalue weighted by Crippen LogP contribution is -2.13. The van der Waals surface area contributed by atoms with E-state index in [-0.39, 0.29) is 5.91 Å². The third-order valence-electron chi connectivity index (χ3n) is 3.28. The van der Waals surface area contributed by atoms with Crippen molar-refractivity contribution in [1.29, 1.82) is 0 Å². The maximum absolute atomic E-state index is 12.5. The molecule has 0 spiro atoms. The van der Waals surface area contributed by atoms with Crippen LogP contribution in [0.1, 0.15) is 16.1 Å². The first-order valence-corrected chi connectivity index (χ1v) is 7.90. The molecule has 4 nitrogen and oxygen atoms in total. The summed E-state index contributed by atoms with van der Waals surface area (Å²) in [6, 6.07) is 13.6. The van der Waals surface area contributed by atoms with Gasteiger partial charge in [0.2, 0.25) is 0 Å². The number of carbonyl (C=O) groups excluding carboxylic acids is 1. The normalized spacial score (nSPS) is 11.0. The molecule has 1 amide bonds. The van der Waals surface area contributed by atoms with E-state index in [4.69, 9.17) is 0 Å². The van der Waals surface area contributed by atoms with Crippen LogP contribution in [-0.4, -0.2) is 29.9 Å². The second kappa shape index (κ2) is 6.25. The summed E-state index contributed by atoms with van der Waals surface area (Å²) in [5.74, 6) is -0.123. The molecule has 0 radical (unpaired) electrons. The van der Waals surface area contributed by atoms with Crippen LogP contribution in [0.4, 0.5) is 5.13 Å². The van der Waals surface area contributed by atoms with Gasteiger partial charge >= 0.3 is 0 Å². The molecule has 22 heavy (non-hydrogen) atoms. The number of fused-ring (bicyclic) bond motifs is 1. The lowest BCUT2D eigenvalue weighted by molar-refractivity contribution is 0.102. The Labute approximate surface area is 133 Å². The number of rotatable bonds is 4. The molecule has 1 aromatic heterocycles. The van der Waals surface area contributed by atoms with E-state index in [1.807, 2.05) is 66.8 Å². The van der Waals surface area contributed by atoms with E-state index < -0.39 is 0 Å². The standard InChI is InChI=1S/C17H17N3OS/c1-20(2)10-13-11-22-17(18-13)19-16(21)15-9-5-7-12-6-3-4-8-14(12)15/h3-9,11H,10H2,1-2H3,(H,18,19,21). The summed E-state index contributed by atoms with van der Waals surface area (Å²) in [5, 5.41) is 7.51. The summed E-state index contributed by atoms with van der Waals surface area (Å²) in [7, 11) is 3.99. The van der Waals surface area contributed by atoms with Gasteiger partial charge in [-0.05, 0) is 30.9 Å². The predicted octanol–water partition coefficient (Wildman–Crippen LogP) is 3.61. The Bertz CT molecular complexity index is 805. The molecule has 2 aromatic carbocycles. The molecule has 1 N–H and O–H groups in total. The Morgan fingerprint density at radius 2 is 1.95 bits per heavy atom. The Kier molecular flexibility index (Phi) is 4.18. The molecule has 0 bridgehead atoms. The van der Waals surface area contributed by atoms with Gasteiger partial charge in [-0.1, -0.05) is 36.4 Å². The maximum Gasteiger partial charge on any atom is 0.258 e. The number of carbonyl (C=O) groups is 1. The van der Waals surface area contributed by atoms with Crippen molar-refractivity contribution in [2.45, 2.75) is 6.54 Å². The molecule has 0 aliphatic rings. The SMILES string of the molecule is CN(C)Cc1csc(NC(=O)c2cccc3ccccc23)n1. The van der Waals surface area contributed by atoms with Gasteiger partial charge in [-0.25, -0.2) is 4.98 Å². The van der Waals surface area contributed by atoms with E-state index in [9.17, 15) is 4.79 Å². The van der Waals surface area contributed by atoms with Crippen molar-refractivity contribution in [3.63, 3.8) is 0 Å². The molecular formula is C17H17N3OS. The number of hydrogen-bond donors (Lipinski definition) is 1. The molecule has 112 valence electrons. The van der Waals surface area contributed by atoms with Crippen LogP contribution in [-0.2, 0) is 6.54 Å². The highest BCUT2D eigenvalue weighted by molar-refractivity contribution is 7.14. The van der Waals surface area contributed by atoms with Crippen molar-refractivity contribution >= 4 is 33.1 Å². The summed E-state index contributed by atoms with van der Waals surface area (Å²) < 4.78 is 0. The van der Waals surface area contributed by atoms with Crippen LogP contribution in [0.2, 0.25) is 0 Å². The van der Waals surface area contributed by atoms with E-state index in [0.29, 0.717) is 10.7 Å². The van der Waals surface area contributed by atoms with Crippen molar-refractivity contribution in [3.8, 4) is 0 Å². The number of anilines is 1. The Morgan fingerprint density at radius 1 is 1.18 bits per heavy atom. The third-order valence-corrected chi connectivity index (χ3v) is 4.09. The minimum atomic E-state index is -0.123. The fourth-order valence-corrected chi connectivity index (χ4v) is 3.05. The lowest BCUT2D eigenvalue weighted by Gasteiger charge is -2.07. The monoisotopic (exact) mass is 311 g/mol. The van der Waals surface area contributed by atoms with Crippen molar-refractivity contribution < 1.29 is 4.79 Å². The number of nitrogens with one attached hydrogen (secondary N) is 1. The van der Waals surface area contributed by atoms with Crippen LogP contribution in [0.3, 0.4) is 0 Å². The van der Waals surface area contributed by atoms with Crippen molar-refractivity contribution in [1.82, 2.24) is 9.88 Å². The van der Waals surface area contributed by atoms with Gasteiger partial charge in [-0.2, -0.15) is 0 Å². The molecule has 0 saturated heterocycles. The number of thiazole rings is 1. The molecule has 0 saturated carbocycles. The van der Waals surface area contributed by atoms with E-state index in [1.165, 1.54) is 11.3 Å². The van der Waals surface area contributed by atoms with Crippen LogP contribution in [0.25, 0.3) is 10.8 Å². The molecule has 0 fully saturated rings. The summed E-state index contributed by atoms with van der Waals surface area (Å²) >= 11 is 1.45. The topological polar surface area (TPSA) is 45.2 Å². The van der Waals surface area contributed by atoms with Crippen LogP contribution in [0.5, 0.6) is 0 Å². The van der Waals surface area contributed by atoms with Crippen molar-refractivity contribution in [2.24, 2.45) is 0 Å². The number of nitrogens with zero attached hydrogens (tertiary/aromatic N) is 2. The highest BCUT2D eigenvalue weighted by Crippen LogP contribution is 2.21. The zero-order valence-corrected chi connectivity index (χ0v) is 13.4. The number of amides is 1. The molecular weight excluding hydrogens is 294 g/mol. The predicted molar refractivity (Wildman–Crippen MR) is 91.4 cm³/mol. The van der Waals surface area contributed by atoms with Crippen molar-refractivity contribution in [2.75, 3.05) is 19.4 Å². The largest absolute Gasteiger partial charge is 0.304 e. The van der Waals surface area contributed by atoms with Gasteiger partial charge in [0.25, 0.3) is 5.91 Å². The number of benzene rings is 2. The first kappa shape index (κ1) is 14.7. The first-order valence-electron chi connectivity index (χ1n) is 7.02. The molecule has 5 heteroatoms. The molecule has 0 unspecified atom stereocenters. The Balaban J connectivity index is 1.83. The second-order valence-corrected chi connectivity index (χ2v) is 6.22. The molecule has 3 aromatic rings. The average molecular weight is 311 g/mol. The van der Waals surface area contributed by atoms with E-state index in [1.54, 1.807) is 0 Å². The van der Waals surface area contributed by atoms with Gasteiger partial charge < -0.3 is 4.90 Å². The fourth-order valence-electron chi connectivity index (χ4n) is 2.35. The Morgan fingerprint density at radius 3 is 2.77 bits per heavy atom. The minimum absolute atomic E-state index is 0.123. The Hall–Kier alpha value is -2.24. The third kappa shape index (κ3) is 3.16. The molecule has 0 aliphatic heterocycles. The highest BCUT2D eigenvalue weighted by Gasteiger charge is 2.12. The van der Waals surface area contributed by atoms with Gasteiger partial charge in [0, 0.05) is 17.5 Å². The maximum atomic E-state index is 12.5. The summed E-state index contributed by atoms with van der Waals surface area (Å²) in [4.78, 5) is 19.0. The van der Waals surface area contributed by atoms with Crippen LogP contribution < -0.4 is 5.32 Å². The fraction of sp³-hybridized carbons (Fsp3) is 0.176. The van der Waals surface area contributed by atoms with E-state index in [0.717, 1.165) is 23.0 Å². The summed E-state index contributed by atoms with van der Waals surface area (Å²) in [6.07, 6.45) is 0. The summed E-state index contributed by atoms with van der Waals surface area (Å²) in [6.45, 7) is 0.765. The molecule has 3 rings (SSSR count). The minimum Gasteiger partial charge on any atom is -0.304 e. The van der Waals surface area contributed by atoms with E-state index in [2.05, 4.69) is 10.3 Å². The smallest absolute Gasteiger partial charge is 0.258 e. The zero-order valence-electron chi connectivity index (χ0n) is 12.5. The molecule has 0 aliphatic carbocycles. The van der Waals surface area contributed by atoms with Gasteiger partial charge in [-0.3, -0.25) is 10.1 Å². The summed E-state index contributed by atoms with van der Waals surface area (Å²) in [5.41, 5.74) is 1.63. The molecule has 1 heterocycles.